The topological polar surface area (TPSA) is 77.5 Å². The third kappa shape index (κ3) is 7.22. The number of urea groups is 1. The van der Waals surface area contributed by atoms with Gasteiger partial charge in [-0.15, -0.1) is 0 Å². The molecule has 0 atom stereocenters. The summed E-state index contributed by atoms with van der Waals surface area (Å²) in [7, 11) is 1.65. The number of amidine groups is 1. The highest BCUT2D eigenvalue weighted by Crippen LogP contribution is 2.28. The van der Waals surface area contributed by atoms with Crippen LogP contribution >= 0.6 is 0 Å². The number of benzene rings is 3. The average molecular weight is 552 g/mol. The number of carbonyl (C=O) groups excluding carboxylic acids is 2. The Morgan fingerprint density at radius 3 is 1.98 bits per heavy atom. The fourth-order valence-electron chi connectivity index (χ4n) is 4.45. The SMILES string of the molecule is C=C/N=C1\C(=C(/C)N(Cc2ccccc2)Cc2ccccc2)NC(=O)N1c1ccc(N(C)C(=O)OC(C)(C)C)cc1. The summed E-state index contributed by atoms with van der Waals surface area (Å²) in [6.45, 7) is 12.5. The van der Waals surface area contributed by atoms with Crippen molar-refractivity contribution in [2.75, 3.05) is 16.8 Å². The van der Waals surface area contributed by atoms with Gasteiger partial charge in [-0.05, 0) is 63.1 Å². The van der Waals surface area contributed by atoms with E-state index in [9.17, 15) is 9.59 Å². The molecule has 1 fully saturated rings. The summed E-state index contributed by atoms with van der Waals surface area (Å²) in [4.78, 5) is 35.6. The molecule has 0 saturated carbocycles. The van der Waals surface area contributed by atoms with Gasteiger partial charge in [-0.2, -0.15) is 0 Å². The molecule has 3 aromatic carbocycles. The Morgan fingerprint density at radius 1 is 0.951 bits per heavy atom. The summed E-state index contributed by atoms with van der Waals surface area (Å²) in [5, 5.41) is 3.03. The van der Waals surface area contributed by atoms with E-state index in [2.05, 4.69) is 46.1 Å². The third-order valence-corrected chi connectivity index (χ3v) is 6.52. The molecule has 0 unspecified atom stereocenters. The molecular formula is C33H37N5O3. The maximum Gasteiger partial charge on any atom is 0.414 e. The molecule has 1 saturated heterocycles. The fraction of sp³-hybridized carbons (Fsp3) is 0.242. The van der Waals surface area contributed by atoms with Crippen LogP contribution in [0.4, 0.5) is 21.0 Å². The number of carbonyl (C=O) groups is 2. The number of amides is 3. The molecule has 1 heterocycles. The Balaban J connectivity index is 1.66. The van der Waals surface area contributed by atoms with Crippen LogP contribution in [-0.2, 0) is 17.8 Å². The molecule has 41 heavy (non-hydrogen) atoms. The standard InChI is InChI=1S/C33H37N5O3/c1-7-34-30-29(24(2)37(22-25-14-10-8-11-15-25)23-26-16-12-9-13-17-26)35-31(39)38(30)28-20-18-27(19-21-28)36(6)32(40)41-33(3,4)5/h7-21H,1,22-23H2,2-6H3,(H,35,39)/b29-24-,34-30+. The molecule has 8 nitrogen and oxygen atoms in total. The molecule has 4 rings (SSSR count). The van der Waals surface area contributed by atoms with Gasteiger partial charge in [-0.3, -0.25) is 4.90 Å². The van der Waals surface area contributed by atoms with Gasteiger partial charge in [0.05, 0.1) is 5.69 Å². The molecule has 0 aromatic heterocycles. The zero-order valence-electron chi connectivity index (χ0n) is 24.3. The van der Waals surface area contributed by atoms with E-state index < -0.39 is 11.7 Å². The minimum absolute atomic E-state index is 0.326. The van der Waals surface area contributed by atoms with Crippen LogP contribution in [0.25, 0.3) is 0 Å². The van der Waals surface area contributed by atoms with Gasteiger partial charge in [0, 0.05) is 37.7 Å². The molecule has 3 amide bonds. The molecule has 0 bridgehead atoms. The van der Waals surface area contributed by atoms with Crippen molar-refractivity contribution in [3.8, 4) is 0 Å². The predicted octanol–water partition coefficient (Wildman–Crippen LogP) is 7.06. The highest BCUT2D eigenvalue weighted by Gasteiger charge is 2.35. The number of nitrogens with one attached hydrogen (secondary N) is 1. The Bertz CT molecular complexity index is 1400. The Labute approximate surface area is 242 Å². The minimum Gasteiger partial charge on any atom is -0.443 e. The lowest BCUT2D eigenvalue weighted by Crippen LogP contribution is -2.34. The van der Waals surface area contributed by atoms with E-state index >= 15 is 0 Å². The van der Waals surface area contributed by atoms with E-state index in [1.165, 1.54) is 16.0 Å². The molecule has 8 heteroatoms. The van der Waals surface area contributed by atoms with Crippen molar-refractivity contribution in [3.63, 3.8) is 0 Å². The van der Waals surface area contributed by atoms with Crippen LogP contribution in [0.15, 0.2) is 114 Å². The van der Waals surface area contributed by atoms with E-state index in [0.29, 0.717) is 36.0 Å². The summed E-state index contributed by atoms with van der Waals surface area (Å²) in [6.07, 6.45) is 0.968. The molecule has 3 aromatic rings. The van der Waals surface area contributed by atoms with Gasteiger partial charge in [0.1, 0.15) is 11.3 Å². The summed E-state index contributed by atoms with van der Waals surface area (Å²) in [5.74, 6) is 0.446. The van der Waals surface area contributed by atoms with Crippen molar-refractivity contribution >= 4 is 29.3 Å². The van der Waals surface area contributed by atoms with Crippen molar-refractivity contribution in [1.29, 1.82) is 0 Å². The van der Waals surface area contributed by atoms with Crippen LogP contribution in [0.3, 0.4) is 0 Å². The average Bonchev–Trinajstić information content (AvgIpc) is 3.27. The largest absolute Gasteiger partial charge is 0.443 e. The van der Waals surface area contributed by atoms with E-state index in [4.69, 9.17) is 4.74 Å². The number of ether oxygens (including phenoxy) is 1. The Kier molecular flexibility index (Phi) is 8.92. The van der Waals surface area contributed by atoms with Crippen LogP contribution in [-0.4, -0.2) is 35.5 Å². The maximum atomic E-state index is 13.4. The van der Waals surface area contributed by atoms with Crippen molar-refractivity contribution in [1.82, 2.24) is 10.2 Å². The van der Waals surface area contributed by atoms with E-state index in [-0.39, 0.29) is 6.03 Å². The predicted molar refractivity (Wildman–Crippen MR) is 165 cm³/mol. The highest BCUT2D eigenvalue weighted by molar-refractivity contribution is 6.29. The lowest BCUT2D eigenvalue weighted by Gasteiger charge is -2.27. The number of hydrogen-bond acceptors (Lipinski definition) is 5. The first kappa shape index (κ1) is 29.1. The minimum atomic E-state index is -0.607. The second-order valence-electron chi connectivity index (χ2n) is 10.7. The lowest BCUT2D eigenvalue weighted by atomic mass is 10.1. The molecule has 212 valence electrons. The van der Waals surface area contributed by atoms with Gasteiger partial charge < -0.3 is 15.0 Å². The summed E-state index contributed by atoms with van der Waals surface area (Å²) in [6, 6.07) is 27.2. The van der Waals surface area contributed by atoms with Gasteiger partial charge in [0.25, 0.3) is 0 Å². The quantitative estimate of drug-likeness (QED) is 0.325. The number of allylic oxidation sites excluding steroid dienone is 1. The fourth-order valence-corrected chi connectivity index (χ4v) is 4.45. The number of anilines is 2. The zero-order chi connectivity index (χ0) is 29.6. The number of hydrogen-bond donors (Lipinski definition) is 1. The van der Waals surface area contributed by atoms with Crippen LogP contribution in [0.5, 0.6) is 0 Å². The van der Waals surface area contributed by atoms with Gasteiger partial charge in [0.2, 0.25) is 0 Å². The first-order chi connectivity index (χ1) is 19.6. The van der Waals surface area contributed by atoms with Crippen LogP contribution in [0.1, 0.15) is 38.8 Å². The highest BCUT2D eigenvalue weighted by atomic mass is 16.6. The molecule has 0 aliphatic carbocycles. The molecule has 0 radical (unpaired) electrons. The van der Waals surface area contributed by atoms with Crippen molar-refractivity contribution in [2.24, 2.45) is 4.99 Å². The van der Waals surface area contributed by atoms with Gasteiger partial charge >= 0.3 is 12.1 Å². The number of nitrogens with zero attached hydrogens (tertiary/aromatic N) is 4. The normalized spacial score (nSPS) is 15.4. The molecule has 0 spiro atoms. The Morgan fingerprint density at radius 2 is 1.49 bits per heavy atom. The van der Waals surface area contributed by atoms with Gasteiger partial charge in [-0.25, -0.2) is 19.5 Å². The first-order valence-electron chi connectivity index (χ1n) is 13.5. The third-order valence-electron chi connectivity index (χ3n) is 6.52. The monoisotopic (exact) mass is 551 g/mol. The van der Waals surface area contributed by atoms with Crippen LogP contribution < -0.4 is 15.1 Å². The lowest BCUT2D eigenvalue weighted by molar-refractivity contribution is 0.0589. The maximum absolute atomic E-state index is 13.4. The summed E-state index contributed by atoms with van der Waals surface area (Å²) in [5.41, 5.74) is 4.41. The van der Waals surface area contributed by atoms with E-state index in [0.717, 1.165) is 16.8 Å². The van der Waals surface area contributed by atoms with Crippen molar-refractivity contribution in [2.45, 2.75) is 46.4 Å². The van der Waals surface area contributed by atoms with Gasteiger partial charge in [-0.1, -0.05) is 67.2 Å². The second kappa shape index (κ2) is 12.6. The first-order valence-corrected chi connectivity index (χ1v) is 13.5. The van der Waals surface area contributed by atoms with E-state index in [1.807, 2.05) is 64.1 Å². The molecule has 1 N–H and O–H groups in total. The summed E-state index contributed by atoms with van der Waals surface area (Å²) < 4.78 is 5.47. The molecule has 1 aliphatic heterocycles. The smallest absolute Gasteiger partial charge is 0.414 e. The second-order valence-corrected chi connectivity index (χ2v) is 10.7. The van der Waals surface area contributed by atoms with E-state index in [1.54, 1.807) is 31.3 Å². The van der Waals surface area contributed by atoms with Crippen molar-refractivity contribution in [3.05, 3.63) is 120 Å². The zero-order valence-corrected chi connectivity index (χ0v) is 24.3. The summed E-state index contributed by atoms with van der Waals surface area (Å²) >= 11 is 0. The number of aliphatic imine (C=N–C) groups is 1. The Hall–Kier alpha value is -4.85. The van der Waals surface area contributed by atoms with Crippen molar-refractivity contribution < 1.29 is 14.3 Å². The van der Waals surface area contributed by atoms with Crippen LogP contribution in [0, 0.1) is 0 Å². The van der Waals surface area contributed by atoms with Gasteiger partial charge in [0.15, 0.2) is 5.84 Å². The molecule has 1 aliphatic rings. The van der Waals surface area contributed by atoms with Crippen LogP contribution in [0.2, 0.25) is 0 Å². The molecular weight excluding hydrogens is 514 g/mol. The number of rotatable bonds is 8.